The van der Waals surface area contributed by atoms with Gasteiger partial charge in [-0.05, 0) is 48.9 Å². The van der Waals surface area contributed by atoms with Crippen LogP contribution in [0.15, 0.2) is 41.3 Å². The molecule has 1 heterocycles. The van der Waals surface area contributed by atoms with Gasteiger partial charge in [-0.15, -0.1) is 11.8 Å². The van der Waals surface area contributed by atoms with E-state index in [0.29, 0.717) is 6.61 Å². The molecule has 1 aliphatic heterocycles. The Morgan fingerprint density at radius 2 is 1.96 bits per heavy atom. The summed E-state index contributed by atoms with van der Waals surface area (Å²) in [4.78, 5) is 1.29. The van der Waals surface area contributed by atoms with E-state index in [2.05, 4.69) is 41.9 Å². The Balaban J connectivity index is 2.03. The Labute approximate surface area is 142 Å². The first-order valence-corrected chi connectivity index (χ1v) is 9.20. The topological polar surface area (TPSA) is 30.5 Å². The molecule has 0 amide bonds. The third kappa shape index (κ3) is 3.19. The minimum Gasteiger partial charge on any atom is -0.493 e. The van der Waals surface area contributed by atoms with Gasteiger partial charge in [-0.1, -0.05) is 18.2 Å². The quantitative estimate of drug-likeness (QED) is 0.838. The van der Waals surface area contributed by atoms with E-state index in [-0.39, 0.29) is 6.04 Å². The molecule has 0 saturated heterocycles. The van der Waals surface area contributed by atoms with Gasteiger partial charge in [0.15, 0.2) is 11.5 Å². The lowest BCUT2D eigenvalue weighted by atomic mass is 9.89. The van der Waals surface area contributed by atoms with E-state index in [1.165, 1.54) is 21.6 Å². The number of thioether (sulfide) groups is 1. The SMILES string of the molecule is CCOc1c(OC)ccc2c1CCNC2c1ccc(SC)cc1. The van der Waals surface area contributed by atoms with E-state index in [4.69, 9.17) is 9.47 Å². The Morgan fingerprint density at radius 1 is 1.17 bits per heavy atom. The van der Waals surface area contributed by atoms with Crippen molar-refractivity contribution in [2.45, 2.75) is 24.3 Å². The zero-order valence-electron chi connectivity index (χ0n) is 13.9. The van der Waals surface area contributed by atoms with Crippen molar-refractivity contribution < 1.29 is 9.47 Å². The van der Waals surface area contributed by atoms with Crippen molar-refractivity contribution in [1.29, 1.82) is 0 Å². The van der Waals surface area contributed by atoms with Crippen LogP contribution in [0.4, 0.5) is 0 Å². The predicted molar refractivity (Wildman–Crippen MR) is 95.9 cm³/mol. The van der Waals surface area contributed by atoms with E-state index in [0.717, 1.165) is 24.5 Å². The molecule has 0 bridgehead atoms. The van der Waals surface area contributed by atoms with Crippen molar-refractivity contribution in [2.75, 3.05) is 26.5 Å². The standard InChI is InChI=1S/C19H23NO2S/c1-4-22-19-16-11-12-20-18(15(16)9-10-17(19)21-2)13-5-7-14(23-3)8-6-13/h5-10,18,20H,4,11-12H2,1-3H3. The average Bonchev–Trinajstić information content (AvgIpc) is 2.62. The Morgan fingerprint density at radius 3 is 2.61 bits per heavy atom. The molecule has 1 N–H and O–H groups in total. The second-order valence-electron chi connectivity index (χ2n) is 5.51. The van der Waals surface area contributed by atoms with Gasteiger partial charge in [0, 0.05) is 17.0 Å². The molecule has 0 saturated carbocycles. The average molecular weight is 329 g/mol. The summed E-state index contributed by atoms with van der Waals surface area (Å²) in [5.74, 6) is 1.73. The first kappa shape index (κ1) is 16.2. The van der Waals surface area contributed by atoms with E-state index in [1.807, 2.05) is 13.0 Å². The van der Waals surface area contributed by atoms with Gasteiger partial charge in [-0.2, -0.15) is 0 Å². The fraction of sp³-hybridized carbons (Fsp3) is 0.368. The van der Waals surface area contributed by atoms with Crippen LogP contribution in [0.2, 0.25) is 0 Å². The maximum atomic E-state index is 5.89. The molecule has 0 spiro atoms. The molecule has 122 valence electrons. The highest BCUT2D eigenvalue weighted by atomic mass is 32.2. The Bertz CT molecular complexity index is 670. The van der Waals surface area contributed by atoms with Gasteiger partial charge in [0.25, 0.3) is 0 Å². The first-order valence-electron chi connectivity index (χ1n) is 7.98. The van der Waals surface area contributed by atoms with E-state index in [9.17, 15) is 0 Å². The summed E-state index contributed by atoms with van der Waals surface area (Å²) in [6.45, 7) is 3.60. The number of benzene rings is 2. The predicted octanol–water partition coefficient (Wildman–Crippen LogP) is 4.05. The first-order chi connectivity index (χ1) is 11.3. The largest absolute Gasteiger partial charge is 0.493 e. The monoisotopic (exact) mass is 329 g/mol. The number of hydrogen-bond acceptors (Lipinski definition) is 4. The fourth-order valence-electron chi connectivity index (χ4n) is 3.16. The van der Waals surface area contributed by atoms with Crippen LogP contribution in [-0.2, 0) is 6.42 Å². The molecule has 2 aromatic rings. The van der Waals surface area contributed by atoms with Crippen LogP contribution >= 0.6 is 11.8 Å². The summed E-state index contributed by atoms with van der Waals surface area (Å²) in [5, 5.41) is 3.63. The van der Waals surface area contributed by atoms with Crippen molar-refractivity contribution in [3.63, 3.8) is 0 Å². The molecule has 0 fully saturated rings. The maximum Gasteiger partial charge on any atom is 0.164 e. The highest BCUT2D eigenvalue weighted by Gasteiger charge is 2.25. The van der Waals surface area contributed by atoms with Crippen LogP contribution < -0.4 is 14.8 Å². The molecule has 1 unspecified atom stereocenters. The van der Waals surface area contributed by atoms with Crippen LogP contribution in [-0.4, -0.2) is 26.5 Å². The lowest BCUT2D eigenvalue weighted by Crippen LogP contribution is -2.31. The second kappa shape index (κ2) is 7.28. The fourth-order valence-corrected chi connectivity index (χ4v) is 3.57. The molecule has 0 radical (unpaired) electrons. The van der Waals surface area contributed by atoms with Crippen molar-refractivity contribution in [2.24, 2.45) is 0 Å². The minimum atomic E-state index is 0.208. The zero-order chi connectivity index (χ0) is 16.2. The van der Waals surface area contributed by atoms with Crippen molar-refractivity contribution in [1.82, 2.24) is 5.32 Å². The van der Waals surface area contributed by atoms with Crippen LogP contribution in [0.5, 0.6) is 11.5 Å². The number of hydrogen-bond donors (Lipinski definition) is 1. The van der Waals surface area contributed by atoms with Crippen molar-refractivity contribution >= 4 is 11.8 Å². The molecule has 4 heteroatoms. The van der Waals surface area contributed by atoms with Gasteiger partial charge in [0.05, 0.1) is 19.8 Å². The molecule has 2 aromatic carbocycles. The summed E-state index contributed by atoms with van der Waals surface area (Å²) >= 11 is 1.77. The van der Waals surface area contributed by atoms with E-state index >= 15 is 0 Å². The number of rotatable bonds is 5. The molecule has 1 atom stereocenters. The van der Waals surface area contributed by atoms with Crippen LogP contribution in [0.1, 0.15) is 29.7 Å². The maximum absolute atomic E-state index is 5.89. The van der Waals surface area contributed by atoms with E-state index < -0.39 is 0 Å². The van der Waals surface area contributed by atoms with Gasteiger partial charge in [-0.25, -0.2) is 0 Å². The molecule has 3 rings (SSSR count). The highest BCUT2D eigenvalue weighted by molar-refractivity contribution is 7.98. The second-order valence-corrected chi connectivity index (χ2v) is 6.39. The molecule has 0 aliphatic carbocycles. The van der Waals surface area contributed by atoms with Gasteiger partial charge in [-0.3, -0.25) is 0 Å². The van der Waals surface area contributed by atoms with Gasteiger partial charge < -0.3 is 14.8 Å². The Kier molecular flexibility index (Phi) is 5.13. The summed E-state index contributed by atoms with van der Waals surface area (Å²) < 4.78 is 11.4. The smallest absolute Gasteiger partial charge is 0.164 e. The van der Waals surface area contributed by atoms with Gasteiger partial charge in [0.1, 0.15) is 0 Å². The lowest BCUT2D eigenvalue weighted by Gasteiger charge is -2.29. The Hall–Kier alpha value is -1.65. The van der Waals surface area contributed by atoms with Gasteiger partial charge in [0.2, 0.25) is 0 Å². The summed E-state index contributed by atoms with van der Waals surface area (Å²) in [6, 6.07) is 13.2. The molecular formula is C19H23NO2S. The molecule has 23 heavy (non-hydrogen) atoms. The summed E-state index contributed by atoms with van der Waals surface area (Å²) in [7, 11) is 1.70. The number of nitrogens with one attached hydrogen (secondary N) is 1. The molecule has 1 aliphatic rings. The molecule has 0 aromatic heterocycles. The summed E-state index contributed by atoms with van der Waals surface area (Å²) in [5.41, 5.74) is 3.85. The number of fused-ring (bicyclic) bond motifs is 1. The third-order valence-corrected chi connectivity index (χ3v) is 5.00. The normalized spacial score (nSPS) is 16.7. The van der Waals surface area contributed by atoms with Crippen molar-refractivity contribution in [3.8, 4) is 11.5 Å². The molecule has 3 nitrogen and oxygen atoms in total. The third-order valence-electron chi connectivity index (χ3n) is 4.25. The van der Waals surface area contributed by atoms with Crippen LogP contribution in [0.25, 0.3) is 0 Å². The van der Waals surface area contributed by atoms with Crippen molar-refractivity contribution in [3.05, 3.63) is 53.1 Å². The van der Waals surface area contributed by atoms with Gasteiger partial charge >= 0.3 is 0 Å². The van der Waals surface area contributed by atoms with E-state index in [1.54, 1.807) is 18.9 Å². The number of methoxy groups -OCH3 is 1. The number of ether oxygens (including phenoxy) is 2. The zero-order valence-corrected chi connectivity index (χ0v) is 14.7. The minimum absolute atomic E-state index is 0.208. The highest BCUT2D eigenvalue weighted by Crippen LogP contribution is 2.40. The lowest BCUT2D eigenvalue weighted by molar-refractivity contribution is 0.305. The summed E-state index contributed by atoms with van der Waals surface area (Å²) in [6.07, 6.45) is 3.06. The van der Waals surface area contributed by atoms with Crippen LogP contribution in [0.3, 0.4) is 0 Å². The van der Waals surface area contributed by atoms with Crippen LogP contribution in [0, 0.1) is 0 Å². The molecular weight excluding hydrogens is 306 g/mol.